The third-order valence-electron chi connectivity index (χ3n) is 6.46. The topological polar surface area (TPSA) is 56.5 Å². The Morgan fingerprint density at radius 1 is 0.931 bits per heavy atom. The summed E-state index contributed by atoms with van der Waals surface area (Å²) in [6.07, 6.45) is 1.87. The fraction of sp³-hybridized carbons (Fsp3) is 0.440. The summed E-state index contributed by atoms with van der Waals surface area (Å²) in [5.41, 5.74) is 4.07. The van der Waals surface area contributed by atoms with Gasteiger partial charge in [0.05, 0.1) is 12.5 Å². The van der Waals surface area contributed by atoms with Crippen LogP contribution in [0.2, 0.25) is 0 Å². The molecule has 3 rings (SSSR count). The minimum Gasteiger partial charge on any atom is -0.500 e. The van der Waals surface area contributed by atoms with E-state index in [-0.39, 0.29) is 16.8 Å². The first-order valence-electron chi connectivity index (χ1n) is 10.3. The second-order valence-electron chi connectivity index (χ2n) is 7.91. The molecular weight excluding hydrogens is 364 g/mol. The molecule has 2 aromatic rings. The van der Waals surface area contributed by atoms with Crippen molar-refractivity contribution < 1.29 is 13.9 Å². The lowest BCUT2D eigenvalue weighted by molar-refractivity contribution is 0.0975. The van der Waals surface area contributed by atoms with Crippen LogP contribution < -0.4 is 5.43 Å². The second-order valence-corrected chi connectivity index (χ2v) is 7.91. The van der Waals surface area contributed by atoms with Crippen molar-refractivity contribution in [3.8, 4) is 11.3 Å². The van der Waals surface area contributed by atoms with Crippen molar-refractivity contribution in [2.24, 2.45) is 0 Å². The number of carbonyl (C=O) groups excluding carboxylic acids is 1. The Kier molecular flexibility index (Phi) is 5.57. The van der Waals surface area contributed by atoms with Crippen molar-refractivity contribution in [2.45, 2.75) is 66.2 Å². The van der Waals surface area contributed by atoms with Gasteiger partial charge in [0, 0.05) is 17.2 Å². The molecule has 0 N–H and O–H groups in total. The van der Waals surface area contributed by atoms with Crippen molar-refractivity contribution in [3.63, 3.8) is 0 Å². The van der Waals surface area contributed by atoms with E-state index in [1.807, 2.05) is 40.7 Å². The van der Waals surface area contributed by atoms with Gasteiger partial charge in [-0.3, -0.25) is 9.59 Å². The van der Waals surface area contributed by atoms with Gasteiger partial charge in [0.25, 0.3) is 0 Å². The molecule has 0 spiro atoms. The Balaban J connectivity index is 2.39. The van der Waals surface area contributed by atoms with Gasteiger partial charge in [-0.05, 0) is 62.8 Å². The lowest BCUT2D eigenvalue weighted by Crippen LogP contribution is -2.39. The number of allylic oxidation sites excluding steroid dienone is 2. The zero-order valence-electron chi connectivity index (χ0n) is 18.5. The quantitative estimate of drug-likeness (QED) is 0.643. The van der Waals surface area contributed by atoms with E-state index in [2.05, 4.69) is 13.0 Å². The first-order valence-corrected chi connectivity index (χ1v) is 10.3. The molecule has 0 bridgehead atoms. The molecule has 0 fully saturated rings. The third kappa shape index (κ3) is 3.06. The molecule has 1 aromatic heterocycles. The van der Waals surface area contributed by atoms with Crippen LogP contribution in [0.4, 0.5) is 0 Å². The van der Waals surface area contributed by atoms with Crippen molar-refractivity contribution in [2.75, 3.05) is 7.11 Å². The predicted octanol–water partition coefficient (Wildman–Crippen LogP) is 5.80. The third-order valence-corrected chi connectivity index (χ3v) is 6.46. The van der Waals surface area contributed by atoms with Gasteiger partial charge in [-0.15, -0.1) is 0 Å². The van der Waals surface area contributed by atoms with E-state index in [0.717, 1.165) is 16.7 Å². The van der Waals surface area contributed by atoms with E-state index in [1.54, 1.807) is 7.11 Å². The summed E-state index contributed by atoms with van der Waals surface area (Å²) in [5.74, 6) is 1.32. The molecular formula is C25H30O4. The van der Waals surface area contributed by atoms with Crippen molar-refractivity contribution in [1.29, 1.82) is 0 Å². The zero-order chi connectivity index (χ0) is 21.5. The number of ether oxygens (including phenoxy) is 1. The van der Waals surface area contributed by atoms with Gasteiger partial charge in [0.15, 0.2) is 11.2 Å². The number of hydrogen-bond donors (Lipinski definition) is 0. The van der Waals surface area contributed by atoms with E-state index >= 15 is 0 Å². The lowest BCUT2D eigenvalue weighted by Gasteiger charge is -2.37. The standard InChI is InChI=1S/C25H30O4/c1-8-17-22(27)21-19(26)13-20(18-12-15(5)14(4)11-16(18)6)29-24(21)25(9-2,10-3)23(17)28-7/h11-13H,8-10H2,1-7H3. The van der Waals surface area contributed by atoms with Crippen molar-refractivity contribution in [1.82, 2.24) is 0 Å². The molecule has 0 atom stereocenters. The SMILES string of the molecule is CCC1=C(OC)C(CC)(CC)c2oc(-c3cc(C)c(C)cc3C)cc(=O)c2C1=O. The largest absolute Gasteiger partial charge is 0.500 e. The van der Waals surface area contributed by atoms with Crippen LogP contribution in [-0.2, 0) is 10.2 Å². The summed E-state index contributed by atoms with van der Waals surface area (Å²) in [4.78, 5) is 26.3. The van der Waals surface area contributed by atoms with Crippen LogP contribution in [0.5, 0.6) is 0 Å². The van der Waals surface area contributed by atoms with Gasteiger partial charge >= 0.3 is 0 Å². The summed E-state index contributed by atoms with van der Waals surface area (Å²) >= 11 is 0. The van der Waals surface area contributed by atoms with E-state index in [0.29, 0.717) is 42.1 Å². The molecule has 1 aliphatic rings. The van der Waals surface area contributed by atoms with Crippen LogP contribution in [-0.4, -0.2) is 12.9 Å². The van der Waals surface area contributed by atoms with Crippen LogP contribution in [0.15, 0.2) is 38.7 Å². The maximum Gasteiger partial charge on any atom is 0.199 e. The number of aryl methyl sites for hydroxylation is 3. The number of ketones is 1. The molecule has 0 aliphatic heterocycles. The maximum atomic E-state index is 13.2. The number of methoxy groups -OCH3 is 1. The van der Waals surface area contributed by atoms with Gasteiger partial charge in [-0.25, -0.2) is 0 Å². The highest BCUT2D eigenvalue weighted by molar-refractivity contribution is 6.11. The zero-order valence-corrected chi connectivity index (χ0v) is 18.5. The summed E-state index contributed by atoms with van der Waals surface area (Å²) in [7, 11) is 1.60. The Morgan fingerprint density at radius 2 is 1.55 bits per heavy atom. The number of fused-ring (bicyclic) bond motifs is 1. The molecule has 29 heavy (non-hydrogen) atoms. The Morgan fingerprint density at radius 3 is 2.10 bits per heavy atom. The summed E-state index contributed by atoms with van der Waals surface area (Å²) in [6.45, 7) is 12.1. The first kappa shape index (κ1) is 21.1. The molecule has 0 amide bonds. The van der Waals surface area contributed by atoms with Crippen molar-refractivity contribution in [3.05, 3.63) is 67.8 Å². The fourth-order valence-corrected chi connectivity index (χ4v) is 4.58. The Labute approximate surface area is 172 Å². The molecule has 1 aliphatic carbocycles. The average Bonchev–Trinajstić information content (AvgIpc) is 2.70. The lowest BCUT2D eigenvalue weighted by atomic mass is 9.69. The molecule has 1 heterocycles. The average molecular weight is 395 g/mol. The number of hydrogen-bond acceptors (Lipinski definition) is 4. The number of Topliss-reactive ketones (excluding diaryl/α,β-unsaturated/α-hetero) is 1. The van der Waals surface area contributed by atoms with E-state index in [4.69, 9.17) is 9.15 Å². The molecule has 1 aromatic carbocycles. The molecule has 4 heteroatoms. The van der Waals surface area contributed by atoms with Gasteiger partial charge in [-0.1, -0.05) is 26.8 Å². The maximum absolute atomic E-state index is 13.2. The first-order chi connectivity index (χ1) is 13.7. The van der Waals surface area contributed by atoms with E-state index < -0.39 is 5.41 Å². The highest BCUT2D eigenvalue weighted by atomic mass is 16.5. The van der Waals surface area contributed by atoms with Crippen LogP contribution in [0.3, 0.4) is 0 Å². The van der Waals surface area contributed by atoms with Crippen LogP contribution in [0.25, 0.3) is 11.3 Å². The van der Waals surface area contributed by atoms with Gasteiger partial charge in [0.2, 0.25) is 0 Å². The summed E-state index contributed by atoms with van der Waals surface area (Å²) in [6, 6.07) is 5.61. The molecule has 154 valence electrons. The van der Waals surface area contributed by atoms with E-state index in [1.165, 1.54) is 11.6 Å². The van der Waals surface area contributed by atoms with Crippen molar-refractivity contribution >= 4 is 5.78 Å². The van der Waals surface area contributed by atoms with Crippen LogP contribution >= 0.6 is 0 Å². The Bertz CT molecular complexity index is 1060. The minimum absolute atomic E-state index is 0.164. The smallest absolute Gasteiger partial charge is 0.199 e. The minimum atomic E-state index is -0.619. The Hall–Kier alpha value is -2.62. The predicted molar refractivity (Wildman–Crippen MR) is 116 cm³/mol. The normalized spacial score (nSPS) is 15.5. The summed E-state index contributed by atoms with van der Waals surface area (Å²) in [5, 5.41) is 0. The molecule has 0 saturated heterocycles. The van der Waals surface area contributed by atoms with Crippen LogP contribution in [0.1, 0.15) is 72.8 Å². The monoisotopic (exact) mass is 394 g/mol. The van der Waals surface area contributed by atoms with Gasteiger partial charge in [-0.2, -0.15) is 0 Å². The number of rotatable bonds is 5. The number of carbonyl (C=O) groups is 1. The molecule has 0 unspecified atom stereocenters. The summed E-state index contributed by atoms with van der Waals surface area (Å²) < 4.78 is 12.2. The molecule has 0 radical (unpaired) electrons. The van der Waals surface area contributed by atoms with Gasteiger partial charge in [0.1, 0.15) is 22.8 Å². The van der Waals surface area contributed by atoms with Gasteiger partial charge < -0.3 is 9.15 Å². The highest BCUT2D eigenvalue weighted by Crippen LogP contribution is 2.47. The molecule has 0 saturated carbocycles. The number of benzene rings is 1. The fourth-order valence-electron chi connectivity index (χ4n) is 4.58. The van der Waals surface area contributed by atoms with Crippen LogP contribution in [0, 0.1) is 20.8 Å². The van der Waals surface area contributed by atoms with E-state index in [9.17, 15) is 9.59 Å². The second kappa shape index (κ2) is 7.66. The molecule has 4 nitrogen and oxygen atoms in total. The highest BCUT2D eigenvalue weighted by Gasteiger charge is 2.47.